The summed E-state index contributed by atoms with van der Waals surface area (Å²) in [6.45, 7) is 5.01. The van der Waals surface area contributed by atoms with E-state index < -0.39 is 0 Å². The Balaban J connectivity index is 1.44. The third-order valence-electron chi connectivity index (χ3n) is 5.83. The molecule has 0 aliphatic carbocycles. The van der Waals surface area contributed by atoms with E-state index in [2.05, 4.69) is 40.2 Å². The maximum absolute atomic E-state index is 5.79. The lowest BCUT2D eigenvalue weighted by molar-refractivity contribution is 0.169. The predicted molar refractivity (Wildman–Crippen MR) is 113 cm³/mol. The van der Waals surface area contributed by atoms with Crippen LogP contribution in [0, 0.1) is 6.92 Å². The Hall–Kier alpha value is -3.06. The van der Waals surface area contributed by atoms with Gasteiger partial charge in [0.25, 0.3) is 0 Å². The van der Waals surface area contributed by atoms with E-state index >= 15 is 0 Å². The fourth-order valence-electron chi connectivity index (χ4n) is 4.44. The first-order valence-corrected chi connectivity index (χ1v) is 10.4. The van der Waals surface area contributed by atoms with Crippen molar-refractivity contribution in [2.75, 3.05) is 26.9 Å². The molecule has 0 bridgehead atoms. The van der Waals surface area contributed by atoms with Gasteiger partial charge in [0.15, 0.2) is 11.5 Å². The molecule has 0 saturated carbocycles. The van der Waals surface area contributed by atoms with E-state index in [1.165, 1.54) is 0 Å². The molecule has 3 aromatic rings. The predicted octanol–water partition coefficient (Wildman–Crippen LogP) is 3.90. The van der Waals surface area contributed by atoms with E-state index in [9.17, 15) is 0 Å². The van der Waals surface area contributed by atoms with Crippen molar-refractivity contribution in [2.45, 2.75) is 32.4 Å². The quantitative estimate of drug-likeness (QED) is 0.693. The van der Waals surface area contributed by atoms with Gasteiger partial charge in [-0.25, -0.2) is 0 Å². The van der Waals surface area contributed by atoms with Crippen molar-refractivity contribution in [1.29, 1.82) is 0 Å². The number of ether oxygens (including phenoxy) is 3. The van der Waals surface area contributed by atoms with Crippen LogP contribution in [0.4, 0.5) is 0 Å². The van der Waals surface area contributed by atoms with E-state index in [1.54, 1.807) is 7.11 Å². The topological polar surface area (TPSA) is 72.5 Å². The lowest BCUT2D eigenvalue weighted by Gasteiger charge is -2.27. The molecule has 0 spiro atoms. The van der Waals surface area contributed by atoms with Crippen molar-refractivity contribution in [2.24, 2.45) is 0 Å². The minimum absolute atomic E-state index is 0.272. The number of nitrogens with one attached hydrogen (secondary N) is 1. The van der Waals surface area contributed by atoms with E-state index in [-0.39, 0.29) is 6.04 Å². The van der Waals surface area contributed by atoms with Gasteiger partial charge >= 0.3 is 0 Å². The van der Waals surface area contributed by atoms with Crippen molar-refractivity contribution in [3.05, 3.63) is 53.6 Å². The minimum atomic E-state index is 0.272. The number of benzene rings is 1. The van der Waals surface area contributed by atoms with Crippen LogP contribution in [-0.2, 0) is 6.54 Å². The van der Waals surface area contributed by atoms with Crippen LogP contribution in [0.1, 0.15) is 35.8 Å². The largest absolute Gasteiger partial charge is 0.496 e. The fourth-order valence-corrected chi connectivity index (χ4v) is 4.44. The first kappa shape index (κ1) is 18.9. The van der Waals surface area contributed by atoms with Gasteiger partial charge in [0.2, 0.25) is 0 Å². The van der Waals surface area contributed by atoms with Crippen LogP contribution in [0.25, 0.3) is 11.1 Å². The number of H-pyrrole nitrogens is 1. The van der Waals surface area contributed by atoms with Gasteiger partial charge in [-0.15, -0.1) is 0 Å². The summed E-state index contributed by atoms with van der Waals surface area (Å²) < 4.78 is 17.2. The summed E-state index contributed by atoms with van der Waals surface area (Å²) in [5.41, 5.74) is 5.47. The average Bonchev–Trinajstić information content (AvgIpc) is 3.45. The Kier molecular flexibility index (Phi) is 5.04. The molecule has 7 heteroatoms. The monoisotopic (exact) mass is 406 g/mol. The molecule has 1 N–H and O–H groups in total. The molecule has 7 nitrogen and oxygen atoms in total. The van der Waals surface area contributed by atoms with E-state index in [4.69, 9.17) is 19.2 Å². The number of rotatable bonds is 5. The molecule has 1 aromatic carbocycles. The van der Waals surface area contributed by atoms with Crippen molar-refractivity contribution in [1.82, 2.24) is 20.1 Å². The second kappa shape index (κ2) is 7.99. The summed E-state index contributed by atoms with van der Waals surface area (Å²) in [5, 5.41) is 6.99. The Morgan fingerprint density at radius 3 is 2.73 bits per heavy atom. The molecule has 1 atom stereocenters. The second-order valence-electron chi connectivity index (χ2n) is 7.85. The number of fused-ring (bicyclic) bond motifs is 1. The molecule has 1 unspecified atom stereocenters. The van der Waals surface area contributed by atoms with Crippen LogP contribution in [0.2, 0.25) is 0 Å². The third kappa shape index (κ3) is 3.61. The molecule has 5 rings (SSSR count). The van der Waals surface area contributed by atoms with Crippen molar-refractivity contribution >= 4 is 0 Å². The lowest BCUT2D eigenvalue weighted by atomic mass is 10.0. The number of pyridine rings is 1. The third-order valence-corrected chi connectivity index (χ3v) is 5.83. The first-order valence-electron chi connectivity index (χ1n) is 10.4. The molecule has 156 valence electrons. The smallest absolute Gasteiger partial charge is 0.165 e. The van der Waals surface area contributed by atoms with Gasteiger partial charge in [-0.2, -0.15) is 5.10 Å². The van der Waals surface area contributed by atoms with E-state index in [0.717, 1.165) is 71.3 Å². The number of methoxy groups -OCH3 is 1. The number of aromatic nitrogens is 3. The highest BCUT2D eigenvalue weighted by atomic mass is 16.6. The highest BCUT2D eigenvalue weighted by molar-refractivity contribution is 5.62. The summed E-state index contributed by atoms with van der Waals surface area (Å²) in [4.78, 5) is 7.36. The molecular formula is C23H26N4O3. The van der Waals surface area contributed by atoms with Gasteiger partial charge in [0, 0.05) is 35.6 Å². The summed E-state index contributed by atoms with van der Waals surface area (Å²) in [5.74, 6) is 2.38. The van der Waals surface area contributed by atoms with Crippen LogP contribution in [0.3, 0.4) is 0 Å². The number of hydrogen-bond donors (Lipinski definition) is 1. The van der Waals surface area contributed by atoms with Crippen molar-refractivity contribution in [3.8, 4) is 28.4 Å². The van der Waals surface area contributed by atoms with Crippen LogP contribution in [0.15, 0.2) is 36.7 Å². The Morgan fingerprint density at radius 1 is 1.13 bits per heavy atom. The summed E-state index contributed by atoms with van der Waals surface area (Å²) >= 11 is 0. The molecule has 2 aliphatic rings. The molecule has 2 aromatic heterocycles. The molecule has 2 aliphatic heterocycles. The number of hydrogen-bond acceptors (Lipinski definition) is 6. The molecular weight excluding hydrogens is 380 g/mol. The minimum Gasteiger partial charge on any atom is -0.496 e. The van der Waals surface area contributed by atoms with Crippen LogP contribution < -0.4 is 14.2 Å². The maximum Gasteiger partial charge on any atom is 0.165 e. The highest BCUT2D eigenvalue weighted by Gasteiger charge is 2.29. The second-order valence-corrected chi connectivity index (χ2v) is 7.85. The molecule has 30 heavy (non-hydrogen) atoms. The van der Waals surface area contributed by atoms with Gasteiger partial charge in [-0.05, 0) is 50.1 Å². The van der Waals surface area contributed by atoms with Gasteiger partial charge < -0.3 is 14.2 Å². The number of likely N-dealkylation sites (tertiary alicyclic amines) is 1. The van der Waals surface area contributed by atoms with Crippen LogP contribution in [0.5, 0.6) is 17.2 Å². The number of aromatic amines is 1. The highest BCUT2D eigenvalue weighted by Crippen LogP contribution is 2.40. The first-order chi connectivity index (χ1) is 14.7. The molecule has 4 heterocycles. The SMILES string of the molecule is COc1cc2c(cc1CN1CCCC1c1cc(-c3cn[nH]c3)cc(C)n1)OCCO2. The van der Waals surface area contributed by atoms with Crippen molar-refractivity contribution < 1.29 is 14.2 Å². The fraction of sp³-hybridized carbons (Fsp3) is 0.391. The number of aryl methyl sites for hydroxylation is 1. The lowest BCUT2D eigenvalue weighted by Crippen LogP contribution is -2.24. The van der Waals surface area contributed by atoms with Gasteiger partial charge in [0.1, 0.15) is 19.0 Å². The van der Waals surface area contributed by atoms with Crippen LogP contribution >= 0.6 is 0 Å². The molecule has 0 radical (unpaired) electrons. The summed E-state index contributed by atoms with van der Waals surface area (Å²) in [7, 11) is 1.70. The standard InChI is InChI=1S/C23H26N4O3/c1-15-8-16(18-12-24-25-13-18)9-19(26-15)20-4-3-5-27(20)14-17-10-22-23(11-21(17)28-2)30-7-6-29-22/h8-13,20H,3-7,14H2,1-2H3,(H,24,25). The maximum atomic E-state index is 5.79. The molecule has 0 amide bonds. The van der Waals surface area contributed by atoms with Gasteiger partial charge in [0.05, 0.1) is 25.0 Å². The average molecular weight is 406 g/mol. The van der Waals surface area contributed by atoms with Gasteiger partial charge in [-0.1, -0.05) is 0 Å². The van der Waals surface area contributed by atoms with Crippen molar-refractivity contribution in [3.63, 3.8) is 0 Å². The molecule has 1 saturated heterocycles. The van der Waals surface area contributed by atoms with E-state index in [1.807, 2.05) is 18.5 Å². The Morgan fingerprint density at radius 2 is 1.97 bits per heavy atom. The van der Waals surface area contributed by atoms with Gasteiger partial charge in [-0.3, -0.25) is 15.0 Å². The van der Waals surface area contributed by atoms with Crippen LogP contribution in [-0.4, -0.2) is 46.9 Å². The zero-order valence-corrected chi connectivity index (χ0v) is 17.4. The van der Waals surface area contributed by atoms with E-state index in [0.29, 0.717) is 13.2 Å². The Bertz CT molecular complexity index is 1040. The summed E-state index contributed by atoms with van der Waals surface area (Å²) in [6, 6.07) is 8.58. The number of nitrogens with zero attached hydrogens (tertiary/aromatic N) is 3. The zero-order valence-electron chi connectivity index (χ0n) is 17.4. The molecule has 1 fully saturated rings. The normalized spacial score (nSPS) is 18.5. The summed E-state index contributed by atoms with van der Waals surface area (Å²) in [6.07, 6.45) is 6.01. The Labute approximate surface area is 176 Å². The zero-order chi connectivity index (χ0) is 20.5.